The van der Waals surface area contributed by atoms with Crippen LogP contribution in [0.2, 0.25) is 5.02 Å². The Morgan fingerprint density at radius 3 is 2.42 bits per heavy atom. The summed E-state index contributed by atoms with van der Waals surface area (Å²) in [7, 11) is 0. The van der Waals surface area contributed by atoms with E-state index in [2.05, 4.69) is 16.0 Å². The summed E-state index contributed by atoms with van der Waals surface area (Å²) in [5, 5.41) is 12.7. The Kier molecular flexibility index (Phi) is 6.92. The molecule has 0 aliphatic heterocycles. The van der Waals surface area contributed by atoms with Crippen LogP contribution in [0.15, 0.2) is 83.6 Å². The molecule has 0 aliphatic carbocycles. The molecular weight excluding hydrogens is 458 g/mol. The van der Waals surface area contributed by atoms with Crippen LogP contribution in [0.1, 0.15) is 15.9 Å². The molecule has 3 amide bonds. The van der Waals surface area contributed by atoms with Gasteiger partial charge in [0.1, 0.15) is 5.75 Å². The van der Waals surface area contributed by atoms with Crippen molar-refractivity contribution in [2.45, 2.75) is 6.92 Å². The molecule has 0 aliphatic rings. The molecule has 0 spiro atoms. The lowest BCUT2D eigenvalue weighted by atomic mass is 10.2. The number of nitrogens with one attached hydrogen (secondary N) is 3. The Morgan fingerprint density at radius 1 is 0.879 bits per heavy atom. The van der Waals surface area contributed by atoms with Crippen LogP contribution in [0.25, 0.3) is 0 Å². The van der Waals surface area contributed by atoms with Crippen molar-refractivity contribution >= 4 is 51.9 Å². The minimum Gasteiger partial charge on any atom is -0.454 e. The number of urea groups is 1. The Balaban J connectivity index is 1.57. The summed E-state index contributed by atoms with van der Waals surface area (Å²) in [6.07, 6.45) is 0. The first-order valence-electron chi connectivity index (χ1n) is 10.0. The summed E-state index contributed by atoms with van der Waals surface area (Å²) < 4.78 is 5.92. The van der Waals surface area contributed by atoms with E-state index in [1.165, 1.54) is 11.3 Å². The Hall–Kier alpha value is -3.81. The smallest absolute Gasteiger partial charge is 0.323 e. The second-order valence-electron chi connectivity index (χ2n) is 7.13. The Morgan fingerprint density at radius 2 is 1.67 bits per heavy atom. The molecule has 3 aromatic carbocycles. The van der Waals surface area contributed by atoms with Crippen molar-refractivity contribution < 1.29 is 14.3 Å². The van der Waals surface area contributed by atoms with Gasteiger partial charge in [-0.3, -0.25) is 4.79 Å². The number of benzene rings is 3. The van der Waals surface area contributed by atoms with Crippen LogP contribution in [-0.2, 0) is 0 Å². The number of amides is 3. The lowest BCUT2D eigenvalue weighted by Crippen LogP contribution is -2.20. The van der Waals surface area contributed by atoms with Crippen molar-refractivity contribution in [2.75, 3.05) is 16.0 Å². The van der Waals surface area contributed by atoms with Gasteiger partial charge >= 0.3 is 6.03 Å². The number of hydrogen-bond acceptors (Lipinski definition) is 4. The maximum absolute atomic E-state index is 12.7. The van der Waals surface area contributed by atoms with E-state index in [1.807, 2.05) is 35.9 Å². The van der Waals surface area contributed by atoms with Crippen LogP contribution in [0.5, 0.6) is 11.5 Å². The Bertz CT molecular complexity index is 1280. The van der Waals surface area contributed by atoms with Gasteiger partial charge in [0.05, 0.1) is 5.69 Å². The molecule has 33 heavy (non-hydrogen) atoms. The number of carbonyl (C=O) groups excluding carboxylic acids is 2. The molecule has 6 nitrogen and oxygen atoms in total. The minimum absolute atomic E-state index is 0.257. The molecule has 3 N–H and O–H groups in total. The highest BCUT2D eigenvalue weighted by Crippen LogP contribution is 2.33. The van der Waals surface area contributed by atoms with Crippen LogP contribution in [0, 0.1) is 6.92 Å². The van der Waals surface area contributed by atoms with Gasteiger partial charge < -0.3 is 20.7 Å². The van der Waals surface area contributed by atoms with E-state index in [1.54, 1.807) is 54.6 Å². The normalized spacial score (nSPS) is 10.4. The van der Waals surface area contributed by atoms with Gasteiger partial charge in [-0.1, -0.05) is 35.9 Å². The summed E-state index contributed by atoms with van der Waals surface area (Å²) in [6, 6.07) is 20.5. The van der Waals surface area contributed by atoms with Gasteiger partial charge in [0.25, 0.3) is 5.91 Å². The van der Waals surface area contributed by atoms with E-state index >= 15 is 0 Å². The number of thiophene rings is 1. The van der Waals surface area contributed by atoms with E-state index in [4.69, 9.17) is 16.3 Å². The highest BCUT2D eigenvalue weighted by atomic mass is 35.5. The van der Waals surface area contributed by atoms with Gasteiger partial charge in [-0.05, 0) is 66.4 Å². The molecule has 0 atom stereocenters. The molecule has 0 fully saturated rings. The van der Waals surface area contributed by atoms with Crippen molar-refractivity contribution in [2.24, 2.45) is 0 Å². The third-order valence-corrected chi connectivity index (χ3v) is 5.59. The second-order valence-corrected chi connectivity index (χ2v) is 8.35. The van der Waals surface area contributed by atoms with Crippen LogP contribution in [0.4, 0.5) is 21.9 Å². The van der Waals surface area contributed by atoms with Gasteiger partial charge in [-0.2, -0.15) is 0 Å². The topological polar surface area (TPSA) is 79.5 Å². The van der Waals surface area contributed by atoms with Gasteiger partial charge in [0.2, 0.25) is 0 Å². The lowest BCUT2D eigenvalue weighted by Gasteiger charge is -2.15. The first-order valence-corrected chi connectivity index (χ1v) is 11.3. The van der Waals surface area contributed by atoms with Gasteiger partial charge in [0.15, 0.2) is 5.75 Å². The molecule has 166 valence electrons. The maximum Gasteiger partial charge on any atom is 0.323 e. The molecule has 0 saturated carbocycles. The number of rotatable bonds is 6. The molecule has 8 heteroatoms. The van der Waals surface area contributed by atoms with E-state index in [0.717, 1.165) is 5.56 Å². The monoisotopic (exact) mass is 477 g/mol. The summed E-state index contributed by atoms with van der Waals surface area (Å²) >= 11 is 7.55. The molecular formula is C25H20ClN3O3S. The predicted octanol–water partition coefficient (Wildman–Crippen LogP) is 7.40. The number of ether oxygens (including phenoxy) is 1. The largest absolute Gasteiger partial charge is 0.454 e. The SMILES string of the molecule is Cc1ccc(Cl)cc1NC(=O)Nc1cc(NC(=O)c2ccccc2)ccc1Oc1ccsc1. The molecule has 0 unspecified atom stereocenters. The third kappa shape index (κ3) is 5.91. The summed E-state index contributed by atoms with van der Waals surface area (Å²) in [6.45, 7) is 1.87. The molecule has 4 rings (SSSR count). The fourth-order valence-corrected chi connectivity index (χ4v) is 3.75. The highest BCUT2D eigenvalue weighted by molar-refractivity contribution is 7.08. The van der Waals surface area contributed by atoms with Crippen molar-refractivity contribution in [3.05, 3.63) is 99.7 Å². The number of carbonyl (C=O) groups is 2. The molecule has 1 aromatic heterocycles. The van der Waals surface area contributed by atoms with Crippen molar-refractivity contribution in [1.82, 2.24) is 0 Å². The third-order valence-electron chi connectivity index (χ3n) is 4.69. The van der Waals surface area contributed by atoms with Gasteiger partial charge in [-0.15, -0.1) is 11.3 Å². The van der Waals surface area contributed by atoms with Crippen LogP contribution in [0.3, 0.4) is 0 Å². The number of hydrogen-bond donors (Lipinski definition) is 3. The van der Waals surface area contributed by atoms with Crippen molar-refractivity contribution in [1.29, 1.82) is 0 Å². The average molecular weight is 478 g/mol. The fraction of sp³-hybridized carbons (Fsp3) is 0.0400. The van der Waals surface area contributed by atoms with E-state index in [9.17, 15) is 9.59 Å². The zero-order chi connectivity index (χ0) is 23.2. The van der Waals surface area contributed by atoms with Gasteiger partial charge in [-0.25, -0.2) is 4.79 Å². The standard InChI is InChI=1S/C25H20ClN3O3S/c1-16-7-8-18(26)13-21(16)28-25(31)29-22-14-19(27-24(30)17-5-3-2-4-6-17)9-10-23(22)32-20-11-12-33-15-20/h2-15H,1H3,(H,27,30)(H2,28,29,31). The first kappa shape index (κ1) is 22.4. The van der Waals surface area contributed by atoms with Crippen LogP contribution >= 0.6 is 22.9 Å². The zero-order valence-electron chi connectivity index (χ0n) is 17.6. The van der Waals surface area contributed by atoms with E-state index in [0.29, 0.717) is 39.1 Å². The number of halogens is 1. The Labute approximate surface area is 200 Å². The summed E-state index contributed by atoms with van der Waals surface area (Å²) in [4.78, 5) is 25.3. The van der Waals surface area contributed by atoms with Crippen molar-refractivity contribution in [3.8, 4) is 11.5 Å². The molecule has 0 radical (unpaired) electrons. The highest BCUT2D eigenvalue weighted by Gasteiger charge is 2.14. The summed E-state index contributed by atoms with van der Waals surface area (Å²) in [5.41, 5.74) is 2.89. The summed E-state index contributed by atoms with van der Waals surface area (Å²) in [5.74, 6) is 0.825. The number of anilines is 3. The second kappa shape index (κ2) is 10.2. The van der Waals surface area contributed by atoms with Crippen LogP contribution in [-0.4, -0.2) is 11.9 Å². The van der Waals surface area contributed by atoms with E-state index in [-0.39, 0.29) is 5.91 Å². The first-order chi connectivity index (χ1) is 16.0. The van der Waals surface area contributed by atoms with Gasteiger partial charge in [0, 0.05) is 27.3 Å². The molecule has 4 aromatic rings. The van der Waals surface area contributed by atoms with E-state index < -0.39 is 6.03 Å². The maximum atomic E-state index is 12.7. The van der Waals surface area contributed by atoms with Crippen LogP contribution < -0.4 is 20.7 Å². The average Bonchev–Trinajstić information content (AvgIpc) is 3.32. The zero-order valence-corrected chi connectivity index (χ0v) is 19.2. The number of aryl methyl sites for hydroxylation is 1. The molecule has 1 heterocycles. The predicted molar refractivity (Wildman–Crippen MR) is 134 cm³/mol. The van der Waals surface area contributed by atoms with Crippen molar-refractivity contribution in [3.63, 3.8) is 0 Å². The molecule has 0 bridgehead atoms. The molecule has 0 saturated heterocycles. The minimum atomic E-state index is -0.470. The lowest BCUT2D eigenvalue weighted by molar-refractivity contribution is 0.102. The fourth-order valence-electron chi connectivity index (χ4n) is 3.03. The quantitative estimate of drug-likeness (QED) is 0.270.